The molecule has 0 saturated heterocycles. The average Bonchev–Trinajstić information content (AvgIpc) is 2.79. The Labute approximate surface area is 115 Å². The first-order chi connectivity index (χ1) is 9.15. The van der Waals surface area contributed by atoms with Crippen LogP contribution in [0.4, 0.5) is 0 Å². The fraction of sp³-hybridized carbons (Fsp3) is 0.438. The zero-order valence-electron chi connectivity index (χ0n) is 12.1. The van der Waals surface area contributed by atoms with E-state index in [4.69, 9.17) is 0 Å². The number of rotatable bonds is 6. The molecule has 1 heterocycles. The highest BCUT2D eigenvalue weighted by atomic mass is 15.1. The zero-order chi connectivity index (χ0) is 13.7. The van der Waals surface area contributed by atoms with E-state index in [1.165, 1.54) is 16.8 Å². The van der Waals surface area contributed by atoms with Crippen LogP contribution < -0.4 is 5.32 Å². The quantitative estimate of drug-likeness (QED) is 0.862. The van der Waals surface area contributed by atoms with Crippen LogP contribution in [0.15, 0.2) is 36.8 Å². The lowest BCUT2D eigenvalue weighted by atomic mass is 10.1. The third-order valence-electron chi connectivity index (χ3n) is 3.13. The van der Waals surface area contributed by atoms with Crippen LogP contribution in [0.1, 0.15) is 30.7 Å². The second kappa shape index (κ2) is 6.53. The van der Waals surface area contributed by atoms with Crippen LogP contribution in [0.25, 0.3) is 0 Å². The van der Waals surface area contributed by atoms with Crippen LogP contribution in [-0.2, 0) is 13.1 Å². The molecular weight excluding hydrogens is 234 g/mol. The van der Waals surface area contributed by atoms with E-state index < -0.39 is 0 Å². The molecule has 3 heteroatoms. The maximum absolute atomic E-state index is 4.26. The van der Waals surface area contributed by atoms with Crippen molar-refractivity contribution in [2.45, 2.75) is 33.9 Å². The molecule has 0 aliphatic heterocycles. The number of nitrogens with zero attached hydrogens (tertiary/aromatic N) is 2. The van der Waals surface area contributed by atoms with Crippen LogP contribution >= 0.6 is 0 Å². The van der Waals surface area contributed by atoms with Crippen molar-refractivity contribution in [3.63, 3.8) is 0 Å². The maximum Gasteiger partial charge on any atom is 0.0951 e. The summed E-state index contributed by atoms with van der Waals surface area (Å²) in [6.45, 7) is 9.36. The molecule has 19 heavy (non-hydrogen) atoms. The normalized spacial score (nSPS) is 11.2. The Bertz CT molecular complexity index is 497. The lowest BCUT2D eigenvalue weighted by Crippen LogP contribution is -2.20. The second-order valence-corrected chi connectivity index (χ2v) is 5.52. The van der Waals surface area contributed by atoms with Gasteiger partial charge in [0.25, 0.3) is 0 Å². The van der Waals surface area contributed by atoms with Gasteiger partial charge in [0.05, 0.1) is 12.0 Å². The Kier molecular flexibility index (Phi) is 4.74. The summed E-state index contributed by atoms with van der Waals surface area (Å²) in [4.78, 5) is 4.26. The van der Waals surface area contributed by atoms with Crippen LogP contribution in [0, 0.1) is 12.8 Å². The molecule has 0 aliphatic rings. The van der Waals surface area contributed by atoms with E-state index in [1.807, 2.05) is 12.5 Å². The molecule has 0 amide bonds. The van der Waals surface area contributed by atoms with Crippen LogP contribution in [-0.4, -0.2) is 16.1 Å². The molecule has 0 spiro atoms. The minimum absolute atomic E-state index is 0.675. The van der Waals surface area contributed by atoms with Gasteiger partial charge in [-0.05, 0) is 24.9 Å². The molecule has 0 saturated carbocycles. The van der Waals surface area contributed by atoms with Crippen LogP contribution in [0.2, 0.25) is 0 Å². The van der Waals surface area contributed by atoms with Gasteiger partial charge < -0.3 is 9.88 Å². The summed E-state index contributed by atoms with van der Waals surface area (Å²) in [5.41, 5.74) is 3.85. The molecule has 102 valence electrons. The van der Waals surface area contributed by atoms with E-state index in [-0.39, 0.29) is 0 Å². The van der Waals surface area contributed by atoms with E-state index in [9.17, 15) is 0 Å². The highest BCUT2D eigenvalue weighted by Gasteiger charge is 2.03. The predicted molar refractivity (Wildman–Crippen MR) is 79.1 cm³/mol. The van der Waals surface area contributed by atoms with Gasteiger partial charge in [-0.15, -0.1) is 0 Å². The number of aromatic nitrogens is 2. The minimum Gasteiger partial charge on any atom is -0.329 e. The molecular formula is C16H23N3. The predicted octanol–water partition coefficient (Wildman–Crippen LogP) is 2.99. The number of aryl methyl sites for hydroxylation is 1. The van der Waals surface area contributed by atoms with Crippen molar-refractivity contribution in [3.05, 3.63) is 53.6 Å². The van der Waals surface area contributed by atoms with Gasteiger partial charge in [0, 0.05) is 19.3 Å². The summed E-state index contributed by atoms with van der Waals surface area (Å²) < 4.78 is 2.21. The largest absolute Gasteiger partial charge is 0.329 e. The fourth-order valence-electron chi connectivity index (χ4n) is 2.02. The van der Waals surface area contributed by atoms with Gasteiger partial charge in [-0.1, -0.05) is 43.7 Å². The van der Waals surface area contributed by atoms with Gasteiger partial charge in [-0.25, -0.2) is 4.98 Å². The van der Waals surface area contributed by atoms with E-state index >= 15 is 0 Å². The van der Waals surface area contributed by atoms with Crippen molar-refractivity contribution in [1.82, 2.24) is 14.9 Å². The molecule has 3 nitrogen and oxygen atoms in total. The molecule has 2 aromatic rings. The third-order valence-corrected chi connectivity index (χ3v) is 3.13. The highest BCUT2D eigenvalue weighted by Crippen LogP contribution is 2.08. The monoisotopic (exact) mass is 257 g/mol. The molecule has 1 N–H and O–H groups in total. The molecule has 0 aliphatic carbocycles. The maximum atomic E-state index is 4.26. The lowest BCUT2D eigenvalue weighted by Gasteiger charge is -2.11. The molecule has 0 atom stereocenters. The highest BCUT2D eigenvalue weighted by molar-refractivity contribution is 5.22. The fourth-order valence-corrected chi connectivity index (χ4v) is 2.02. The summed E-state index contributed by atoms with van der Waals surface area (Å²) >= 11 is 0. The van der Waals surface area contributed by atoms with Gasteiger partial charge in [0.1, 0.15) is 0 Å². The standard InChI is InChI=1S/C16H23N3/c1-13(2)8-17-9-16-10-18-12-19(16)11-15-6-4-14(3)5-7-15/h4-7,10,12-13,17H,8-9,11H2,1-3H3. The van der Waals surface area contributed by atoms with Gasteiger partial charge in [0.2, 0.25) is 0 Å². The summed E-state index contributed by atoms with van der Waals surface area (Å²) in [5, 5.41) is 3.46. The molecule has 1 aromatic carbocycles. The zero-order valence-corrected chi connectivity index (χ0v) is 12.1. The lowest BCUT2D eigenvalue weighted by molar-refractivity contribution is 0.539. The first kappa shape index (κ1) is 13.8. The average molecular weight is 257 g/mol. The van der Waals surface area contributed by atoms with Crippen LogP contribution in [0.3, 0.4) is 0 Å². The Hall–Kier alpha value is -1.61. The van der Waals surface area contributed by atoms with E-state index in [0.717, 1.165) is 19.6 Å². The number of hydrogen-bond donors (Lipinski definition) is 1. The van der Waals surface area contributed by atoms with E-state index in [0.29, 0.717) is 5.92 Å². The van der Waals surface area contributed by atoms with Gasteiger partial charge in [-0.3, -0.25) is 0 Å². The van der Waals surface area contributed by atoms with Gasteiger partial charge >= 0.3 is 0 Å². The minimum atomic E-state index is 0.675. The van der Waals surface area contributed by atoms with Crippen molar-refractivity contribution in [3.8, 4) is 0 Å². The number of hydrogen-bond acceptors (Lipinski definition) is 2. The molecule has 1 aromatic heterocycles. The van der Waals surface area contributed by atoms with Crippen molar-refractivity contribution in [2.24, 2.45) is 5.92 Å². The summed E-state index contributed by atoms with van der Waals surface area (Å²) in [7, 11) is 0. The van der Waals surface area contributed by atoms with Crippen molar-refractivity contribution >= 4 is 0 Å². The summed E-state index contributed by atoms with van der Waals surface area (Å²) in [6, 6.07) is 8.67. The summed E-state index contributed by atoms with van der Waals surface area (Å²) in [6.07, 6.45) is 3.85. The topological polar surface area (TPSA) is 29.9 Å². The van der Waals surface area contributed by atoms with Crippen LogP contribution in [0.5, 0.6) is 0 Å². The van der Waals surface area contributed by atoms with E-state index in [2.05, 4.69) is 59.9 Å². The van der Waals surface area contributed by atoms with E-state index in [1.54, 1.807) is 0 Å². The molecule has 0 fully saturated rings. The van der Waals surface area contributed by atoms with Gasteiger partial charge in [-0.2, -0.15) is 0 Å². The molecule has 0 unspecified atom stereocenters. The Morgan fingerprint density at radius 3 is 2.63 bits per heavy atom. The first-order valence-corrected chi connectivity index (χ1v) is 6.90. The van der Waals surface area contributed by atoms with Crippen molar-refractivity contribution < 1.29 is 0 Å². The Morgan fingerprint density at radius 1 is 1.21 bits per heavy atom. The second-order valence-electron chi connectivity index (χ2n) is 5.52. The smallest absolute Gasteiger partial charge is 0.0951 e. The summed E-state index contributed by atoms with van der Waals surface area (Å²) in [5.74, 6) is 0.675. The first-order valence-electron chi connectivity index (χ1n) is 6.90. The number of imidazole rings is 1. The van der Waals surface area contributed by atoms with Crippen molar-refractivity contribution in [1.29, 1.82) is 0 Å². The molecule has 0 radical (unpaired) electrons. The Morgan fingerprint density at radius 2 is 1.95 bits per heavy atom. The Balaban J connectivity index is 1.97. The third kappa shape index (κ3) is 4.21. The van der Waals surface area contributed by atoms with Crippen molar-refractivity contribution in [2.75, 3.05) is 6.54 Å². The molecule has 2 rings (SSSR count). The number of nitrogens with one attached hydrogen (secondary N) is 1. The SMILES string of the molecule is Cc1ccc(Cn2cncc2CNCC(C)C)cc1. The van der Waals surface area contributed by atoms with Gasteiger partial charge in [0.15, 0.2) is 0 Å². The molecule has 0 bridgehead atoms. The number of benzene rings is 1.